The van der Waals surface area contributed by atoms with Crippen molar-refractivity contribution in [1.29, 1.82) is 0 Å². The molecule has 0 radical (unpaired) electrons. The predicted octanol–water partition coefficient (Wildman–Crippen LogP) is 4.98. The maximum atomic E-state index is 12.8. The number of hydrogen-bond donors (Lipinski definition) is 1. The van der Waals surface area contributed by atoms with Gasteiger partial charge in [-0.1, -0.05) is 42.4 Å². The van der Waals surface area contributed by atoms with E-state index in [0.717, 1.165) is 22.6 Å². The fourth-order valence-corrected chi connectivity index (χ4v) is 3.98. The van der Waals surface area contributed by atoms with Crippen molar-refractivity contribution >= 4 is 46.9 Å². The Bertz CT molecular complexity index is 926. The van der Waals surface area contributed by atoms with E-state index in [9.17, 15) is 9.59 Å². The first-order valence-corrected chi connectivity index (χ1v) is 9.96. The smallest absolute Gasteiger partial charge is 0.264 e. The van der Waals surface area contributed by atoms with Crippen molar-refractivity contribution in [2.75, 3.05) is 11.9 Å². The minimum Gasteiger partial charge on any atom is -0.350 e. The molecule has 0 saturated carbocycles. The lowest BCUT2D eigenvalue weighted by Gasteiger charge is -2.27. The molecular formula is C21H21ClN2O2S. The molecule has 0 fully saturated rings. The highest BCUT2D eigenvalue weighted by Crippen LogP contribution is 2.42. The molecule has 0 aromatic heterocycles. The van der Waals surface area contributed by atoms with E-state index in [-0.39, 0.29) is 17.9 Å². The molecule has 0 spiro atoms. The van der Waals surface area contributed by atoms with Crippen LogP contribution in [0.5, 0.6) is 0 Å². The average Bonchev–Trinajstić information content (AvgIpc) is 2.65. The van der Waals surface area contributed by atoms with Gasteiger partial charge in [0.1, 0.15) is 0 Å². The number of hydrogen-bond acceptors (Lipinski definition) is 3. The van der Waals surface area contributed by atoms with E-state index >= 15 is 0 Å². The standard InChI is InChI=1S/C21H21ClN2O2S/c1-4-13(2)23-20(25)15-8-9-18-17(12-15)24(3)21(26)19(27-18)11-14-6-5-7-16(22)10-14/h5-13H,4H2,1-3H3,(H,23,25)/b19-11-/t13-/m0/s1. The van der Waals surface area contributed by atoms with E-state index in [4.69, 9.17) is 11.6 Å². The fraction of sp³-hybridized carbons (Fsp3) is 0.238. The molecule has 27 heavy (non-hydrogen) atoms. The molecule has 0 unspecified atom stereocenters. The van der Waals surface area contributed by atoms with Crippen LogP contribution >= 0.6 is 23.4 Å². The first-order valence-electron chi connectivity index (χ1n) is 8.77. The number of thioether (sulfide) groups is 1. The normalized spacial score (nSPS) is 16.2. The number of nitrogens with one attached hydrogen (secondary N) is 1. The lowest BCUT2D eigenvalue weighted by molar-refractivity contribution is -0.114. The van der Waals surface area contributed by atoms with E-state index in [1.54, 1.807) is 30.1 Å². The molecule has 1 N–H and O–H groups in total. The number of carbonyl (C=O) groups excluding carboxylic acids is 2. The Morgan fingerprint density at radius 1 is 1.30 bits per heavy atom. The summed E-state index contributed by atoms with van der Waals surface area (Å²) in [6.07, 6.45) is 2.70. The summed E-state index contributed by atoms with van der Waals surface area (Å²) in [7, 11) is 1.73. The van der Waals surface area contributed by atoms with Crippen LogP contribution in [0.1, 0.15) is 36.2 Å². The first kappa shape index (κ1) is 19.5. The minimum atomic E-state index is -0.127. The predicted molar refractivity (Wildman–Crippen MR) is 112 cm³/mol. The Hall–Kier alpha value is -2.24. The zero-order valence-electron chi connectivity index (χ0n) is 15.5. The van der Waals surface area contributed by atoms with Crippen LogP contribution in [0, 0.1) is 0 Å². The number of halogens is 1. The summed E-state index contributed by atoms with van der Waals surface area (Å²) in [5.41, 5.74) is 2.17. The van der Waals surface area contributed by atoms with Crippen LogP contribution in [0.3, 0.4) is 0 Å². The summed E-state index contributed by atoms with van der Waals surface area (Å²) in [6.45, 7) is 3.99. The van der Waals surface area contributed by atoms with Gasteiger partial charge in [-0.2, -0.15) is 0 Å². The van der Waals surface area contributed by atoms with E-state index in [1.165, 1.54) is 11.8 Å². The van der Waals surface area contributed by atoms with Crippen LogP contribution in [-0.2, 0) is 4.79 Å². The van der Waals surface area contributed by atoms with Crippen molar-refractivity contribution in [2.45, 2.75) is 31.2 Å². The summed E-state index contributed by atoms with van der Waals surface area (Å²) >= 11 is 7.44. The largest absolute Gasteiger partial charge is 0.350 e. The van der Waals surface area contributed by atoms with E-state index < -0.39 is 0 Å². The molecule has 0 bridgehead atoms. The molecule has 1 aliphatic rings. The van der Waals surface area contributed by atoms with Gasteiger partial charge in [0.15, 0.2) is 0 Å². The summed E-state index contributed by atoms with van der Waals surface area (Å²) < 4.78 is 0. The Morgan fingerprint density at radius 2 is 2.07 bits per heavy atom. The summed E-state index contributed by atoms with van der Waals surface area (Å²) in [4.78, 5) is 28.3. The second-order valence-electron chi connectivity index (χ2n) is 6.50. The Balaban J connectivity index is 1.90. The van der Waals surface area contributed by atoms with Crippen molar-refractivity contribution in [2.24, 2.45) is 0 Å². The highest BCUT2D eigenvalue weighted by Gasteiger charge is 2.27. The highest BCUT2D eigenvalue weighted by atomic mass is 35.5. The molecule has 3 rings (SSSR count). The molecule has 1 heterocycles. The van der Waals surface area contributed by atoms with Crippen molar-refractivity contribution in [3.8, 4) is 0 Å². The van der Waals surface area contributed by atoms with Crippen molar-refractivity contribution in [3.05, 3.63) is 63.5 Å². The zero-order valence-corrected chi connectivity index (χ0v) is 17.0. The molecule has 1 aliphatic heterocycles. The molecular weight excluding hydrogens is 380 g/mol. The number of anilines is 1. The van der Waals surface area contributed by atoms with Gasteiger partial charge in [0.2, 0.25) is 0 Å². The topological polar surface area (TPSA) is 49.4 Å². The van der Waals surface area contributed by atoms with Gasteiger partial charge in [-0.25, -0.2) is 0 Å². The summed E-state index contributed by atoms with van der Waals surface area (Å²) in [5, 5.41) is 3.58. The number of benzene rings is 2. The van der Waals surface area contributed by atoms with Crippen LogP contribution < -0.4 is 10.2 Å². The Kier molecular flexibility index (Phi) is 5.92. The van der Waals surface area contributed by atoms with Gasteiger partial charge in [0, 0.05) is 28.6 Å². The number of rotatable bonds is 4. The lowest BCUT2D eigenvalue weighted by atomic mass is 10.1. The molecule has 6 heteroatoms. The third-order valence-electron chi connectivity index (χ3n) is 4.45. The minimum absolute atomic E-state index is 0.105. The molecule has 4 nitrogen and oxygen atoms in total. The third kappa shape index (κ3) is 4.37. The number of likely N-dealkylation sites (N-methyl/N-ethyl adjacent to an activating group) is 1. The van der Waals surface area contributed by atoms with E-state index in [1.807, 2.05) is 44.2 Å². The van der Waals surface area contributed by atoms with Crippen LogP contribution in [-0.4, -0.2) is 24.9 Å². The van der Waals surface area contributed by atoms with Gasteiger partial charge < -0.3 is 10.2 Å². The van der Waals surface area contributed by atoms with Gasteiger partial charge in [-0.05, 0) is 55.3 Å². The average molecular weight is 401 g/mol. The molecule has 2 aromatic carbocycles. The van der Waals surface area contributed by atoms with Gasteiger partial charge in [0.05, 0.1) is 10.6 Å². The van der Waals surface area contributed by atoms with Crippen LogP contribution in [0.4, 0.5) is 5.69 Å². The van der Waals surface area contributed by atoms with Gasteiger partial charge in [-0.3, -0.25) is 9.59 Å². The first-order chi connectivity index (χ1) is 12.9. The van der Waals surface area contributed by atoms with Crippen LogP contribution in [0.25, 0.3) is 6.08 Å². The molecule has 2 amide bonds. The van der Waals surface area contributed by atoms with Crippen LogP contribution in [0.2, 0.25) is 5.02 Å². The van der Waals surface area contributed by atoms with Gasteiger partial charge in [0.25, 0.3) is 11.8 Å². The maximum absolute atomic E-state index is 12.8. The monoisotopic (exact) mass is 400 g/mol. The van der Waals surface area contributed by atoms with Crippen molar-refractivity contribution in [3.63, 3.8) is 0 Å². The second-order valence-corrected chi connectivity index (χ2v) is 8.02. The Labute approximate surface area is 168 Å². The number of carbonyl (C=O) groups is 2. The number of fused-ring (bicyclic) bond motifs is 1. The van der Waals surface area contributed by atoms with Gasteiger partial charge >= 0.3 is 0 Å². The molecule has 0 saturated heterocycles. The van der Waals surface area contributed by atoms with Crippen molar-refractivity contribution in [1.82, 2.24) is 5.32 Å². The summed E-state index contributed by atoms with van der Waals surface area (Å²) in [6, 6.07) is 12.9. The SMILES string of the molecule is CC[C@H](C)NC(=O)c1ccc2c(c1)N(C)C(=O)/C(=C/c1cccc(Cl)c1)S2. The van der Waals surface area contributed by atoms with Crippen molar-refractivity contribution < 1.29 is 9.59 Å². The van der Waals surface area contributed by atoms with E-state index in [2.05, 4.69) is 5.32 Å². The maximum Gasteiger partial charge on any atom is 0.264 e. The molecule has 0 aliphatic carbocycles. The van der Waals surface area contributed by atoms with Crippen LogP contribution in [0.15, 0.2) is 52.3 Å². The lowest BCUT2D eigenvalue weighted by Crippen LogP contribution is -2.33. The zero-order chi connectivity index (χ0) is 19.6. The number of nitrogens with zero attached hydrogens (tertiary/aromatic N) is 1. The fourth-order valence-electron chi connectivity index (χ4n) is 2.69. The summed E-state index contributed by atoms with van der Waals surface area (Å²) in [5.74, 6) is -0.231. The third-order valence-corrected chi connectivity index (χ3v) is 5.77. The highest BCUT2D eigenvalue weighted by molar-refractivity contribution is 8.04. The Morgan fingerprint density at radius 3 is 2.78 bits per heavy atom. The number of amides is 2. The van der Waals surface area contributed by atoms with Gasteiger partial charge in [-0.15, -0.1) is 0 Å². The molecule has 140 valence electrons. The second kappa shape index (κ2) is 8.19. The molecule has 1 atom stereocenters. The quantitative estimate of drug-likeness (QED) is 0.736. The van der Waals surface area contributed by atoms with E-state index in [0.29, 0.717) is 15.5 Å². The molecule has 2 aromatic rings.